The molecule has 0 saturated carbocycles. The minimum atomic E-state index is -3.81. The topological polar surface area (TPSA) is 72.2 Å². The van der Waals surface area contributed by atoms with E-state index in [1.165, 1.54) is 12.1 Å². The summed E-state index contributed by atoms with van der Waals surface area (Å²) in [5.41, 5.74) is 5.71. The third-order valence-corrected chi connectivity index (χ3v) is 3.75. The van der Waals surface area contributed by atoms with E-state index in [9.17, 15) is 12.8 Å². The molecule has 1 aromatic rings. The second kappa shape index (κ2) is 5.34. The van der Waals surface area contributed by atoms with Crippen molar-refractivity contribution in [3.8, 4) is 0 Å². The first-order valence-electron chi connectivity index (χ1n) is 5.64. The van der Waals surface area contributed by atoms with Gasteiger partial charge in [-0.05, 0) is 23.1 Å². The van der Waals surface area contributed by atoms with E-state index in [2.05, 4.69) is 4.72 Å². The molecule has 0 aliphatic carbocycles. The van der Waals surface area contributed by atoms with Crippen LogP contribution in [0.2, 0.25) is 0 Å². The molecule has 102 valence electrons. The predicted molar refractivity (Wildman–Crippen MR) is 68.9 cm³/mol. The second-order valence-electron chi connectivity index (χ2n) is 5.35. The van der Waals surface area contributed by atoms with E-state index >= 15 is 0 Å². The van der Waals surface area contributed by atoms with E-state index in [1.807, 2.05) is 20.8 Å². The molecule has 0 saturated heterocycles. The Morgan fingerprint density at radius 2 is 1.94 bits per heavy atom. The third-order valence-electron chi connectivity index (χ3n) is 2.31. The fraction of sp³-hybridized carbons (Fsp3) is 0.500. The van der Waals surface area contributed by atoms with Crippen LogP contribution in [0.15, 0.2) is 23.1 Å². The molecule has 0 heterocycles. The van der Waals surface area contributed by atoms with Crippen molar-refractivity contribution in [1.82, 2.24) is 4.72 Å². The first-order chi connectivity index (χ1) is 8.15. The highest BCUT2D eigenvalue weighted by molar-refractivity contribution is 7.89. The van der Waals surface area contributed by atoms with Crippen molar-refractivity contribution in [2.45, 2.75) is 32.2 Å². The molecule has 0 aromatic heterocycles. The summed E-state index contributed by atoms with van der Waals surface area (Å²) in [6.45, 7) is 6.09. The zero-order chi connectivity index (χ0) is 14.0. The lowest BCUT2D eigenvalue weighted by atomic mass is 9.98. The predicted octanol–water partition coefficient (Wildman–Crippen LogP) is 1.61. The average Bonchev–Trinajstić information content (AvgIpc) is 2.25. The van der Waals surface area contributed by atoms with Crippen molar-refractivity contribution >= 4 is 10.0 Å². The summed E-state index contributed by atoms with van der Waals surface area (Å²) in [6, 6.07) is 3.89. The Kier molecular flexibility index (Phi) is 4.47. The molecule has 0 fully saturated rings. The number of hydrogen-bond acceptors (Lipinski definition) is 3. The van der Waals surface area contributed by atoms with Crippen LogP contribution in [-0.4, -0.2) is 15.0 Å². The zero-order valence-corrected chi connectivity index (χ0v) is 11.6. The van der Waals surface area contributed by atoms with Gasteiger partial charge in [-0.1, -0.05) is 26.8 Å². The number of rotatable bonds is 4. The Hall–Kier alpha value is -0.980. The molecule has 0 spiro atoms. The second-order valence-corrected chi connectivity index (χ2v) is 7.09. The summed E-state index contributed by atoms with van der Waals surface area (Å²) >= 11 is 0. The first-order valence-corrected chi connectivity index (χ1v) is 7.12. The van der Waals surface area contributed by atoms with Gasteiger partial charge in [-0.2, -0.15) is 0 Å². The van der Waals surface area contributed by atoms with Crippen LogP contribution in [0.25, 0.3) is 0 Å². The highest BCUT2D eigenvalue weighted by Gasteiger charge is 2.21. The Balaban J connectivity index is 2.99. The fourth-order valence-corrected chi connectivity index (χ4v) is 2.62. The molecule has 6 heteroatoms. The molecule has 3 N–H and O–H groups in total. The standard InChI is InChI=1S/C12H19FN2O2S/c1-12(2,3)8-15-18(16,17)11-5-4-9(7-14)6-10(11)13/h4-6,15H,7-8,14H2,1-3H3. The van der Waals surface area contributed by atoms with Crippen LogP contribution >= 0.6 is 0 Å². The van der Waals surface area contributed by atoms with Gasteiger partial charge in [0.05, 0.1) is 0 Å². The summed E-state index contributed by atoms with van der Waals surface area (Å²) in [7, 11) is -3.81. The molecule has 0 unspecified atom stereocenters. The molecule has 18 heavy (non-hydrogen) atoms. The van der Waals surface area contributed by atoms with Crippen LogP contribution in [-0.2, 0) is 16.6 Å². The van der Waals surface area contributed by atoms with Crippen molar-refractivity contribution in [3.05, 3.63) is 29.6 Å². The summed E-state index contributed by atoms with van der Waals surface area (Å²) in [5.74, 6) is -0.778. The molecular weight excluding hydrogens is 255 g/mol. The summed E-state index contributed by atoms with van der Waals surface area (Å²) in [5, 5.41) is 0. The average molecular weight is 274 g/mol. The summed E-state index contributed by atoms with van der Waals surface area (Å²) < 4.78 is 39.9. The van der Waals surface area contributed by atoms with Gasteiger partial charge < -0.3 is 5.73 Å². The van der Waals surface area contributed by atoms with E-state index < -0.39 is 15.8 Å². The minimum absolute atomic E-state index is 0.173. The van der Waals surface area contributed by atoms with Gasteiger partial charge in [0.2, 0.25) is 10.0 Å². The number of nitrogens with one attached hydrogen (secondary N) is 1. The van der Waals surface area contributed by atoms with Gasteiger partial charge in [-0.25, -0.2) is 17.5 Å². The lowest BCUT2D eigenvalue weighted by molar-refractivity contribution is 0.407. The highest BCUT2D eigenvalue weighted by atomic mass is 32.2. The van der Waals surface area contributed by atoms with Crippen molar-refractivity contribution < 1.29 is 12.8 Å². The third kappa shape index (κ3) is 4.04. The maximum atomic E-state index is 13.7. The van der Waals surface area contributed by atoms with Crippen molar-refractivity contribution in [2.75, 3.05) is 6.54 Å². The molecular formula is C12H19FN2O2S. The van der Waals surface area contributed by atoms with Gasteiger partial charge in [0.1, 0.15) is 10.7 Å². The van der Waals surface area contributed by atoms with Crippen LogP contribution in [0.5, 0.6) is 0 Å². The van der Waals surface area contributed by atoms with Crippen LogP contribution in [0.3, 0.4) is 0 Å². The molecule has 0 radical (unpaired) electrons. The van der Waals surface area contributed by atoms with Crippen LogP contribution < -0.4 is 10.5 Å². The number of benzene rings is 1. The summed E-state index contributed by atoms with van der Waals surface area (Å²) in [6.07, 6.45) is 0. The molecule has 0 bridgehead atoms. The van der Waals surface area contributed by atoms with Gasteiger partial charge in [-0.15, -0.1) is 0 Å². The Morgan fingerprint density at radius 1 is 1.33 bits per heavy atom. The molecule has 4 nitrogen and oxygen atoms in total. The Bertz CT molecular complexity index is 521. The van der Waals surface area contributed by atoms with Gasteiger partial charge in [0.15, 0.2) is 0 Å². The molecule has 0 amide bonds. The van der Waals surface area contributed by atoms with E-state index in [4.69, 9.17) is 5.73 Å². The van der Waals surface area contributed by atoms with Crippen molar-refractivity contribution in [3.63, 3.8) is 0 Å². The Labute approximate surface area is 107 Å². The molecule has 0 aliphatic heterocycles. The minimum Gasteiger partial charge on any atom is -0.326 e. The molecule has 0 aliphatic rings. The monoisotopic (exact) mass is 274 g/mol. The maximum absolute atomic E-state index is 13.7. The number of nitrogens with two attached hydrogens (primary N) is 1. The SMILES string of the molecule is CC(C)(C)CNS(=O)(=O)c1ccc(CN)cc1F. The fourth-order valence-electron chi connectivity index (χ4n) is 1.28. The Morgan fingerprint density at radius 3 is 2.39 bits per heavy atom. The van der Waals surface area contributed by atoms with E-state index in [1.54, 1.807) is 0 Å². The molecule has 0 atom stereocenters. The lowest BCUT2D eigenvalue weighted by Gasteiger charge is -2.19. The number of halogens is 1. The summed E-state index contributed by atoms with van der Waals surface area (Å²) in [4.78, 5) is -0.344. The van der Waals surface area contributed by atoms with E-state index in [0.717, 1.165) is 6.07 Å². The van der Waals surface area contributed by atoms with Gasteiger partial charge in [0, 0.05) is 13.1 Å². The molecule has 1 rings (SSSR count). The van der Waals surface area contributed by atoms with Crippen molar-refractivity contribution in [2.24, 2.45) is 11.1 Å². The van der Waals surface area contributed by atoms with Gasteiger partial charge in [0.25, 0.3) is 0 Å². The van der Waals surface area contributed by atoms with E-state index in [-0.39, 0.29) is 23.4 Å². The highest BCUT2D eigenvalue weighted by Crippen LogP contribution is 2.18. The van der Waals surface area contributed by atoms with Gasteiger partial charge in [-0.3, -0.25) is 0 Å². The maximum Gasteiger partial charge on any atom is 0.243 e. The first kappa shape index (κ1) is 15.1. The number of hydrogen-bond donors (Lipinski definition) is 2. The van der Waals surface area contributed by atoms with E-state index in [0.29, 0.717) is 5.56 Å². The number of sulfonamides is 1. The largest absolute Gasteiger partial charge is 0.326 e. The van der Waals surface area contributed by atoms with Crippen molar-refractivity contribution in [1.29, 1.82) is 0 Å². The molecule has 1 aromatic carbocycles. The zero-order valence-electron chi connectivity index (χ0n) is 10.8. The smallest absolute Gasteiger partial charge is 0.243 e. The van der Waals surface area contributed by atoms with Crippen LogP contribution in [0.1, 0.15) is 26.3 Å². The normalized spacial score (nSPS) is 12.7. The lowest BCUT2D eigenvalue weighted by Crippen LogP contribution is -2.32. The van der Waals surface area contributed by atoms with Gasteiger partial charge >= 0.3 is 0 Å². The van der Waals surface area contributed by atoms with Crippen LogP contribution in [0.4, 0.5) is 4.39 Å². The van der Waals surface area contributed by atoms with Crippen LogP contribution in [0, 0.1) is 11.2 Å². The quantitative estimate of drug-likeness (QED) is 0.876.